The van der Waals surface area contributed by atoms with Gasteiger partial charge in [-0.25, -0.2) is 0 Å². The fourth-order valence-corrected chi connectivity index (χ4v) is 3.34. The molecule has 2 aliphatic rings. The second-order valence-electron chi connectivity index (χ2n) is 6.46. The number of hydrogen-bond acceptors (Lipinski definition) is 4. The normalized spacial score (nSPS) is 17.5. The van der Waals surface area contributed by atoms with Crippen LogP contribution in [0.15, 0.2) is 23.2 Å². The van der Waals surface area contributed by atoms with Crippen LogP contribution in [0.25, 0.3) is 0 Å². The molecule has 1 aliphatic carbocycles. The van der Waals surface area contributed by atoms with Gasteiger partial charge in [-0.15, -0.1) is 0 Å². The fourth-order valence-electron chi connectivity index (χ4n) is 3.34. The van der Waals surface area contributed by atoms with Crippen molar-refractivity contribution in [2.45, 2.75) is 38.3 Å². The quantitative estimate of drug-likeness (QED) is 0.616. The van der Waals surface area contributed by atoms with Gasteiger partial charge in [-0.2, -0.15) is 0 Å². The van der Waals surface area contributed by atoms with Crippen molar-refractivity contribution < 1.29 is 9.47 Å². The number of rotatable bonds is 6. The maximum atomic E-state index is 5.41. The van der Waals surface area contributed by atoms with E-state index in [1.54, 1.807) is 7.05 Å². The maximum absolute atomic E-state index is 5.41. The van der Waals surface area contributed by atoms with Crippen LogP contribution in [0.3, 0.4) is 0 Å². The molecule has 1 fully saturated rings. The molecule has 6 heteroatoms. The van der Waals surface area contributed by atoms with Crippen molar-refractivity contribution in [3.63, 3.8) is 0 Å². The highest BCUT2D eigenvalue weighted by Crippen LogP contribution is 2.32. The van der Waals surface area contributed by atoms with Gasteiger partial charge in [0.15, 0.2) is 17.5 Å². The number of guanidine groups is 1. The Morgan fingerprint density at radius 1 is 1.21 bits per heavy atom. The van der Waals surface area contributed by atoms with Crippen LogP contribution in [0.4, 0.5) is 0 Å². The summed E-state index contributed by atoms with van der Waals surface area (Å²) < 4.78 is 10.7. The second-order valence-corrected chi connectivity index (χ2v) is 6.46. The molecule has 0 aromatic heterocycles. The smallest absolute Gasteiger partial charge is 0.231 e. The monoisotopic (exact) mass is 332 g/mol. The van der Waals surface area contributed by atoms with Crippen LogP contribution >= 0.6 is 0 Å². The fraction of sp³-hybridized carbons (Fsp3) is 0.611. The average Bonchev–Trinajstić information content (AvgIpc) is 3.28. The summed E-state index contributed by atoms with van der Waals surface area (Å²) >= 11 is 0. The van der Waals surface area contributed by atoms with Crippen molar-refractivity contribution in [2.24, 2.45) is 4.99 Å². The van der Waals surface area contributed by atoms with Crippen LogP contribution in [0.1, 0.15) is 31.2 Å². The standard InChI is InChI=1S/C18H28N4O2/c1-19-18(20-9-10-22(2)15-5-3-4-6-15)21-12-14-7-8-16-17(11-14)24-13-23-16/h7-8,11,15H,3-6,9-10,12-13H2,1-2H3,(H2,19,20,21). The van der Waals surface area contributed by atoms with Crippen LogP contribution in [0.2, 0.25) is 0 Å². The van der Waals surface area contributed by atoms with Crippen molar-refractivity contribution in [3.8, 4) is 11.5 Å². The highest BCUT2D eigenvalue weighted by atomic mass is 16.7. The number of fused-ring (bicyclic) bond motifs is 1. The summed E-state index contributed by atoms with van der Waals surface area (Å²) in [7, 11) is 4.02. The molecule has 3 rings (SSSR count). The molecule has 1 saturated carbocycles. The van der Waals surface area contributed by atoms with E-state index in [4.69, 9.17) is 9.47 Å². The lowest BCUT2D eigenvalue weighted by Crippen LogP contribution is -2.42. The molecule has 1 aliphatic heterocycles. The van der Waals surface area contributed by atoms with Gasteiger partial charge in [0.05, 0.1) is 0 Å². The summed E-state index contributed by atoms with van der Waals surface area (Å²) in [5.41, 5.74) is 1.14. The van der Waals surface area contributed by atoms with Crippen molar-refractivity contribution in [3.05, 3.63) is 23.8 Å². The number of ether oxygens (including phenoxy) is 2. The lowest BCUT2D eigenvalue weighted by molar-refractivity contribution is 0.174. The zero-order valence-electron chi connectivity index (χ0n) is 14.7. The molecule has 1 heterocycles. The van der Waals surface area contributed by atoms with E-state index in [-0.39, 0.29) is 0 Å². The maximum Gasteiger partial charge on any atom is 0.231 e. The Balaban J connectivity index is 1.40. The number of likely N-dealkylation sites (N-methyl/N-ethyl adjacent to an activating group) is 1. The second kappa shape index (κ2) is 8.24. The first-order chi connectivity index (χ1) is 11.8. The van der Waals surface area contributed by atoms with Gasteiger partial charge >= 0.3 is 0 Å². The minimum absolute atomic E-state index is 0.309. The molecular weight excluding hydrogens is 304 g/mol. The van der Waals surface area contributed by atoms with E-state index in [0.717, 1.165) is 42.2 Å². The minimum atomic E-state index is 0.309. The highest BCUT2D eigenvalue weighted by Gasteiger charge is 2.19. The van der Waals surface area contributed by atoms with Gasteiger partial charge in [0, 0.05) is 32.7 Å². The third-order valence-corrected chi connectivity index (χ3v) is 4.83. The highest BCUT2D eigenvalue weighted by molar-refractivity contribution is 5.79. The first kappa shape index (κ1) is 16.9. The van der Waals surface area contributed by atoms with E-state index in [1.165, 1.54) is 25.7 Å². The van der Waals surface area contributed by atoms with Gasteiger partial charge in [-0.3, -0.25) is 4.99 Å². The third-order valence-electron chi connectivity index (χ3n) is 4.83. The van der Waals surface area contributed by atoms with Gasteiger partial charge < -0.3 is 25.0 Å². The van der Waals surface area contributed by atoms with Crippen molar-refractivity contribution in [1.29, 1.82) is 0 Å². The number of nitrogens with one attached hydrogen (secondary N) is 2. The van der Waals surface area contributed by atoms with Crippen LogP contribution in [0, 0.1) is 0 Å². The van der Waals surface area contributed by atoms with Gasteiger partial charge in [0.25, 0.3) is 0 Å². The molecule has 1 aromatic carbocycles. The van der Waals surface area contributed by atoms with Crippen molar-refractivity contribution in [1.82, 2.24) is 15.5 Å². The van der Waals surface area contributed by atoms with Crippen molar-refractivity contribution >= 4 is 5.96 Å². The lowest BCUT2D eigenvalue weighted by atomic mass is 10.2. The first-order valence-corrected chi connectivity index (χ1v) is 8.79. The molecular formula is C18H28N4O2. The number of nitrogens with zero attached hydrogens (tertiary/aromatic N) is 2. The Kier molecular flexibility index (Phi) is 5.80. The molecule has 0 bridgehead atoms. The van der Waals surface area contributed by atoms with E-state index in [1.807, 2.05) is 18.2 Å². The van der Waals surface area contributed by atoms with Gasteiger partial charge in [-0.1, -0.05) is 18.9 Å². The predicted molar refractivity (Wildman–Crippen MR) is 95.7 cm³/mol. The Bertz CT molecular complexity index is 570. The largest absolute Gasteiger partial charge is 0.454 e. The lowest BCUT2D eigenvalue weighted by Gasteiger charge is -2.24. The van der Waals surface area contributed by atoms with Gasteiger partial charge in [0.1, 0.15) is 0 Å². The summed E-state index contributed by atoms with van der Waals surface area (Å²) in [6, 6.07) is 6.76. The first-order valence-electron chi connectivity index (χ1n) is 8.79. The van der Waals surface area contributed by atoms with Crippen molar-refractivity contribution in [2.75, 3.05) is 34.0 Å². The molecule has 6 nitrogen and oxygen atoms in total. The zero-order chi connectivity index (χ0) is 16.8. The van der Waals surface area contributed by atoms with E-state index in [0.29, 0.717) is 13.3 Å². The van der Waals surface area contributed by atoms with Crippen LogP contribution < -0.4 is 20.1 Å². The van der Waals surface area contributed by atoms with Gasteiger partial charge in [-0.05, 0) is 37.6 Å². The SMILES string of the molecule is CN=C(NCCN(C)C1CCCC1)NCc1ccc2c(c1)OCO2. The number of benzene rings is 1. The summed E-state index contributed by atoms with van der Waals surface area (Å²) in [6.07, 6.45) is 5.43. The van der Waals surface area contributed by atoms with E-state index in [9.17, 15) is 0 Å². The molecule has 132 valence electrons. The van der Waals surface area contributed by atoms with E-state index < -0.39 is 0 Å². The summed E-state index contributed by atoms with van der Waals surface area (Å²) in [6.45, 7) is 2.95. The number of aliphatic imine (C=N–C) groups is 1. The van der Waals surface area contributed by atoms with Crippen LogP contribution in [0.5, 0.6) is 11.5 Å². The Labute approximate surface area is 144 Å². The minimum Gasteiger partial charge on any atom is -0.454 e. The Morgan fingerprint density at radius 2 is 2.00 bits per heavy atom. The van der Waals surface area contributed by atoms with Crippen LogP contribution in [-0.4, -0.2) is 50.9 Å². The Morgan fingerprint density at radius 3 is 2.79 bits per heavy atom. The molecule has 24 heavy (non-hydrogen) atoms. The van der Waals surface area contributed by atoms with E-state index in [2.05, 4.69) is 27.6 Å². The van der Waals surface area contributed by atoms with E-state index >= 15 is 0 Å². The molecule has 0 amide bonds. The average molecular weight is 332 g/mol. The molecule has 0 unspecified atom stereocenters. The molecule has 0 spiro atoms. The zero-order valence-corrected chi connectivity index (χ0v) is 14.7. The molecule has 1 aromatic rings. The topological polar surface area (TPSA) is 58.1 Å². The summed E-state index contributed by atoms with van der Waals surface area (Å²) in [4.78, 5) is 6.75. The summed E-state index contributed by atoms with van der Waals surface area (Å²) in [5, 5.41) is 6.73. The molecule has 2 N–H and O–H groups in total. The third kappa shape index (κ3) is 4.32. The molecule has 0 radical (unpaired) electrons. The Hall–Kier alpha value is -1.95. The predicted octanol–water partition coefficient (Wildman–Crippen LogP) is 1.95. The number of hydrogen-bond donors (Lipinski definition) is 2. The molecule has 0 atom stereocenters. The van der Waals surface area contributed by atoms with Crippen LogP contribution in [-0.2, 0) is 6.54 Å². The van der Waals surface area contributed by atoms with Gasteiger partial charge in [0.2, 0.25) is 6.79 Å². The molecule has 0 saturated heterocycles. The summed E-state index contributed by atoms with van der Waals surface area (Å²) in [5.74, 6) is 2.46.